The molecule has 0 atom stereocenters. The van der Waals surface area contributed by atoms with Crippen LogP contribution in [0.3, 0.4) is 0 Å². The summed E-state index contributed by atoms with van der Waals surface area (Å²) in [7, 11) is 0. The standard InChI is InChI=1S/C10H11N3/c1-7-4-2-3-5-8(7)9-6-12-10(11)13-9/h2-6H,1H3,(H3,11,12,13). The fourth-order valence-corrected chi connectivity index (χ4v) is 1.35. The van der Waals surface area contributed by atoms with Crippen LogP contribution in [0.15, 0.2) is 30.5 Å². The first-order valence-electron chi connectivity index (χ1n) is 4.14. The Morgan fingerprint density at radius 3 is 2.69 bits per heavy atom. The molecule has 0 saturated heterocycles. The number of imidazole rings is 1. The SMILES string of the molecule is Cc1ccccc1-c1cnc(N)[nH]1. The number of aromatic nitrogens is 2. The number of hydrogen-bond acceptors (Lipinski definition) is 2. The highest BCUT2D eigenvalue weighted by Crippen LogP contribution is 2.20. The molecular weight excluding hydrogens is 162 g/mol. The summed E-state index contributed by atoms with van der Waals surface area (Å²) in [5.74, 6) is 0.457. The van der Waals surface area contributed by atoms with E-state index in [1.165, 1.54) is 5.56 Å². The van der Waals surface area contributed by atoms with Gasteiger partial charge in [-0.1, -0.05) is 24.3 Å². The topological polar surface area (TPSA) is 54.7 Å². The molecule has 66 valence electrons. The van der Waals surface area contributed by atoms with E-state index in [9.17, 15) is 0 Å². The quantitative estimate of drug-likeness (QED) is 0.692. The molecule has 0 saturated carbocycles. The van der Waals surface area contributed by atoms with Gasteiger partial charge in [0.1, 0.15) is 0 Å². The molecule has 1 aromatic heterocycles. The van der Waals surface area contributed by atoms with Crippen LogP contribution in [0.5, 0.6) is 0 Å². The normalized spacial score (nSPS) is 10.2. The van der Waals surface area contributed by atoms with Gasteiger partial charge in [-0.3, -0.25) is 0 Å². The maximum atomic E-state index is 5.50. The molecule has 2 rings (SSSR count). The third kappa shape index (κ3) is 1.40. The summed E-state index contributed by atoms with van der Waals surface area (Å²) < 4.78 is 0. The van der Waals surface area contributed by atoms with Crippen molar-refractivity contribution in [3.8, 4) is 11.3 Å². The van der Waals surface area contributed by atoms with Gasteiger partial charge in [0.05, 0.1) is 11.9 Å². The molecule has 0 unspecified atom stereocenters. The van der Waals surface area contributed by atoms with Crippen LogP contribution in [0, 0.1) is 6.92 Å². The van der Waals surface area contributed by atoms with Gasteiger partial charge >= 0.3 is 0 Å². The second-order valence-electron chi connectivity index (χ2n) is 3.00. The van der Waals surface area contributed by atoms with Gasteiger partial charge < -0.3 is 10.7 Å². The Bertz CT molecular complexity index is 418. The lowest BCUT2D eigenvalue weighted by molar-refractivity contribution is 1.32. The molecule has 1 heterocycles. The molecular formula is C10H11N3. The minimum absolute atomic E-state index is 0.457. The number of aromatic amines is 1. The molecule has 0 spiro atoms. The van der Waals surface area contributed by atoms with Crippen molar-refractivity contribution in [3.05, 3.63) is 36.0 Å². The lowest BCUT2D eigenvalue weighted by Gasteiger charge is -2.00. The van der Waals surface area contributed by atoms with Crippen molar-refractivity contribution in [3.63, 3.8) is 0 Å². The Balaban J connectivity index is 2.52. The third-order valence-corrected chi connectivity index (χ3v) is 2.03. The predicted octanol–water partition coefficient (Wildman–Crippen LogP) is 1.97. The van der Waals surface area contributed by atoms with Crippen LogP contribution >= 0.6 is 0 Å². The van der Waals surface area contributed by atoms with Crippen LogP contribution in [-0.4, -0.2) is 9.97 Å². The van der Waals surface area contributed by atoms with Crippen LogP contribution in [0.4, 0.5) is 5.95 Å². The maximum absolute atomic E-state index is 5.50. The summed E-state index contributed by atoms with van der Waals surface area (Å²) in [4.78, 5) is 6.96. The fourth-order valence-electron chi connectivity index (χ4n) is 1.35. The van der Waals surface area contributed by atoms with Crippen molar-refractivity contribution in [2.75, 3.05) is 5.73 Å². The molecule has 2 aromatic rings. The van der Waals surface area contributed by atoms with Gasteiger partial charge in [-0.25, -0.2) is 4.98 Å². The van der Waals surface area contributed by atoms with E-state index in [2.05, 4.69) is 23.0 Å². The van der Waals surface area contributed by atoms with E-state index in [4.69, 9.17) is 5.73 Å². The molecule has 13 heavy (non-hydrogen) atoms. The first kappa shape index (κ1) is 7.86. The highest BCUT2D eigenvalue weighted by atomic mass is 15.0. The van der Waals surface area contributed by atoms with Crippen molar-refractivity contribution in [2.45, 2.75) is 6.92 Å². The monoisotopic (exact) mass is 173 g/mol. The number of nitrogens with two attached hydrogens (primary N) is 1. The van der Waals surface area contributed by atoms with Gasteiger partial charge in [0, 0.05) is 5.56 Å². The van der Waals surface area contributed by atoms with Gasteiger partial charge in [-0.05, 0) is 12.5 Å². The highest BCUT2D eigenvalue weighted by molar-refractivity contribution is 5.63. The number of nitrogens with one attached hydrogen (secondary N) is 1. The molecule has 0 amide bonds. The van der Waals surface area contributed by atoms with E-state index in [1.807, 2.05) is 18.2 Å². The van der Waals surface area contributed by atoms with Crippen LogP contribution in [0.1, 0.15) is 5.56 Å². The minimum Gasteiger partial charge on any atom is -0.369 e. The Kier molecular flexibility index (Phi) is 1.77. The molecule has 3 nitrogen and oxygen atoms in total. The summed E-state index contributed by atoms with van der Waals surface area (Å²) in [6.45, 7) is 2.06. The molecule has 0 aliphatic heterocycles. The second kappa shape index (κ2) is 2.94. The average Bonchev–Trinajstić information content (AvgIpc) is 2.53. The van der Waals surface area contributed by atoms with Gasteiger partial charge in [-0.15, -0.1) is 0 Å². The molecule has 0 fully saturated rings. The fraction of sp³-hybridized carbons (Fsp3) is 0.100. The van der Waals surface area contributed by atoms with Gasteiger partial charge in [0.25, 0.3) is 0 Å². The van der Waals surface area contributed by atoms with Crippen molar-refractivity contribution in [1.82, 2.24) is 9.97 Å². The van der Waals surface area contributed by atoms with Crippen molar-refractivity contribution >= 4 is 5.95 Å². The third-order valence-electron chi connectivity index (χ3n) is 2.03. The smallest absolute Gasteiger partial charge is 0.197 e. The number of rotatable bonds is 1. The highest BCUT2D eigenvalue weighted by Gasteiger charge is 2.02. The summed E-state index contributed by atoms with van der Waals surface area (Å²) >= 11 is 0. The van der Waals surface area contributed by atoms with Crippen molar-refractivity contribution in [1.29, 1.82) is 0 Å². The number of nitrogens with zero attached hydrogens (tertiary/aromatic N) is 1. The Morgan fingerprint density at radius 1 is 1.31 bits per heavy atom. The zero-order valence-electron chi connectivity index (χ0n) is 7.41. The number of hydrogen-bond donors (Lipinski definition) is 2. The maximum Gasteiger partial charge on any atom is 0.197 e. The number of aryl methyl sites for hydroxylation is 1. The van der Waals surface area contributed by atoms with E-state index in [-0.39, 0.29) is 0 Å². The Labute approximate surface area is 76.6 Å². The Morgan fingerprint density at radius 2 is 2.08 bits per heavy atom. The van der Waals surface area contributed by atoms with Crippen LogP contribution in [-0.2, 0) is 0 Å². The summed E-state index contributed by atoms with van der Waals surface area (Å²) in [5, 5.41) is 0. The first-order chi connectivity index (χ1) is 6.27. The number of nitrogen functional groups attached to an aromatic ring is 1. The second-order valence-corrected chi connectivity index (χ2v) is 3.00. The average molecular weight is 173 g/mol. The van der Waals surface area contributed by atoms with Crippen molar-refractivity contribution in [2.24, 2.45) is 0 Å². The van der Waals surface area contributed by atoms with Crippen molar-refractivity contribution < 1.29 is 0 Å². The molecule has 0 radical (unpaired) electrons. The van der Waals surface area contributed by atoms with E-state index < -0.39 is 0 Å². The number of H-pyrrole nitrogens is 1. The molecule has 1 aromatic carbocycles. The lowest BCUT2D eigenvalue weighted by atomic mass is 10.1. The van der Waals surface area contributed by atoms with Gasteiger partial charge in [0.2, 0.25) is 0 Å². The molecule has 0 aliphatic carbocycles. The summed E-state index contributed by atoms with van der Waals surface area (Å²) in [6.07, 6.45) is 1.75. The molecule has 0 bridgehead atoms. The summed E-state index contributed by atoms with van der Waals surface area (Å²) in [6, 6.07) is 8.12. The van der Waals surface area contributed by atoms with E-state index in [0.29, 0.717) is 5.95 Å². The zero-order chi connectivity index (χ0) is 9.26. The summed E-state index contributed by atoms with van der Waals surface area (Å²) in [5.41, 5.74) is 8.83. The molecule has 0 aliphatic rings. The van der Waals surface area contributed by atoms with E-state index in [0.717, 1.165) is 11.3 Å². The van der Waals surface area contributed by atoms with Gasteiger partial charge in [0.15, 0.2) is 5.95 Å². The van der Waals surface area contributed by atoms with Crippen LogP contribution < -0.4 is 5.73 Å². The number of anilines is 1. The van der Waals surface area contributed by atoms with E-state index >= 15 is 0 Å². The van der Waals surface area contributed by atoms with Gasteiger partial charge in [-0.2, -0.15) is 0 Å². The molecule has 3 heteroatoms. The lowest BCUT2D eigenvalue weighted by Crippen LogP contribution is -1.86. The first-order valence-corrected chi connectivity index (χ1v) is 4.14. The number of benzene rings is 1. The largest absolute Gasteiger partial charge is 0.369 e. The van der Waals surface area contributed by atoms with Crippen LogP contribution in [0.2, 0.25) is 0 Å². The molecule has 3 N–H and O–H groups in total. The Hall–Kier alpha value is -1.77. The minimum atomic E-state index is 0.457. The van der Waals surface area contributed by atoms with E-state index in [1.54, 1.807) is 6.20 Å². The van der Waals surface area contributed by atoms with Crippen LogP contribution in [0.25, 0.3) is 11.3 Å². The zero-order valence-corrected chi connectivity index (χ0v) is 7.41. The predicted molar refractivity (Wildman–Crippen MR) is 53.2 cm³/mol.